The molecule has 0 radical (unpaired) electrons. The predicted octanol–water partition coefficient (Wildman–Crippen LogP) is 2.97. The van der Waals surface area contributed by atoms with E-state index in [0.29, 0.717) is 29.6 Å². The normalized spacial score (nSPS) is 62.3. The van der Waals surface area contributed by atoms with Gasteiger partial charge in [0.15, 0.2) is 0 Å². The maximum absolute atomic E-state index is 11.1. The molecule has 3 heteroatoms. The Kier molecular flexibility index (Phi) is 3.69. The lowest BCUT2D eigenvalue weighted by Crippen LogP contribution is -2.61. The molecule has 3 nitrogen and oxygen atoms in total. The summed E-state index contributed by atoms with van der Waals surface area (Å²) in [5.41, 5.74) is 0.177. The topological polar surface area (TPSA) is 60.7 Å². The Morgan fingerprint density at radius 2 is 1.61 bits per heavy atom. The molecule has 0 bridgehead atoms. The second-order valence-corrected chi connectivity index (χ2v) is 9.82. The maximum atomic E-state index is 11.1. The van der Waals surface area contributed by atoms with Crippen LogP contribution in [0.1, 0.15) is 65.7 Å². The zero-order valence-corrected chi connectivity index (χ0v) is 14.9. The SMILES string of the molecule is CC1CCC2C3C(O)CC4CC(O)CCC4(C)C3CC(O)C12C. The van der Waals surface area contributed by atoms with Crippen LogP contribution in [0.15, 0.2) is 0 Å². The van der Waals surface area contributed by atoms with E-state index in [1.807, 2.05) is 0 Å². The van der Waals surface area contributed by atoms with Crippen molar-refractivity contribution in [2.24, 2.45) is 40.4 Å². The molecule has 4 aliphatic rings. The molecule has 3 N–H and O–H groups in total. The van der Waals surface area contributed by atoms with Gasteiger partial charge >= 0.3 is 0 Å². The van der Waals surface area contributed by atoms with Crippen LogP contribution in [0.5, 0.6) is 0 Å². The Labute approximate surface area is 140 Å². The first kappa shape index (κ1) is 16.4. The van der Waals surface area contributed by atoms with Crippen LogP contribution in [0.25, 0.3) is 0 Å². The zero-order chi connectivity index (χ0) is 16.6. The summed E-state index contributed by atoms with van der Waals surface area (Å²) >= 11 is 0. The van der Waals surface area contributed by atoms with Gasteiger partial charge in [-0.25, -0.2) is 0 Å². The van der Waals surface area contributed by atoms with Crippen molar-refractivity contribution < 1.29 is 15.3 Å². The molecule has 0 aromatic heterocycles. The second kappa shape index (κ2) is 5.19. The Bertz CT molecular complexity index is 480. The van der Waals surface area contributed by atoms with E-state index in [4.69, 9.17) is 0 Å². The van der Waals surface area contributed by atoms with E-state index in [-0.39, 0.29) is 29.1 Å². The van der Waals surface area contributed by atoms with Gasteiger partial charge in [-0.2, -0.15) is 0 Å². The van der Waals surface area contributed by atoms with Gasteiger partial charge < -0.3 is 15.3 Å². The molecule has 23 heavy (non-hydrogen) atoms. The molecule has 0 spiro atoms. The first-order valence-corrected chi connectivity index (χ1v) is 9.82. The molecule has 4 fully saturated rings. The average molecular weight is 322 g/mol. The number of rotatable bonds is 0. The smallest absolute Gasteiger partial charge is 0.0602 e. The van der Waals surface area contributed by atoms with Crippen LogP contribution >= 0.6 is 0 Å². The summed E-state index contributed by atoms with van der Waals surface area (Å²) in [5.74, 6) is 2.20. The molecule has 0 aromatic carbocycles. The highest BCUT2D eigenvalue weighted by atomic mass is 16.3. The summed E-state index contributed by atoms with van der Waals surface area (Å²) in [6.45, 7) is 6.96. The van der Waals surface area contributed by atoms with Gasteiger partial charge in [0.05, 0.1) is 18.3 Å². The van der Waals surface area contributed by atoms with Crippen molar-refractivity contribution >= 4 is 0 Å². The molecule has 4 rings (SSSR count). The molecular formula is C20H34O3. The molecule has 4 saturated carbocycles. The van der Waals surface area contributed by atoms with Gasteiger partial charge in [0, 0.05) is 0 Å². The van der Waals surface area contributed by atoms with Crippen molar-refractivity contribution in [1.29, 1.82) is 0 Å². The first-order valence-electron chi connectivity index (χ1n) is 9.82. The first-order chi connectivity index (χ1) is 10.8. The van der Waals surface area contributed by atoms with Crippen LogP contribution in [0.2, 0.25) is 0 Å². The maximum Gasteiger partial charge on any atom is 0.0602 e. The Morgan fingerprint density at radius 3 is 2.35 bits per heavy atom. The van der Waals surface area contributed by atoms with Crippen LogP contribution in [0, 0.1) is 40.4 Å². The molecule has 4 aliphatic carbocycles. The van der Waals surface area contributed by atoms with E-state index < -0.39 is 0 Å². The lowest BCUT2D eigenvalue weighted by Gasteiger charge is -2.63. The average Bonchev–Trinajstić information content (AvgIpc) is 2.80. The van der Waals surface area contributed by atoms with Gasteiger partial charge in [-0.05, 0) is 85.4 Å². The fourth-order valence-corrected chi connectivity index (χ4v) is 7.48. The molecule has 0 aliphatic heterocycles. The summed E-state index contributed by atoms with van der Waals surface area (Å²) < 4.78 is 0. The number of aliphatic hydroxyl groups excluding tert-OH is 3. The number of aliphatic hydroxyl groups is 3. The number of hydrogen-bond acceptors (Lipinski definition) is 3. The summed E-state index contributed by atoms with van der Waals surface area (Å²) in [7, 11) is 0. The summed E-state index contributed by atoms with van der Waals surface area (Å²) in [4.78, 5) is 0. The second-order valence-electron chi connectivity index (χ2n) is 9.82. The molecule has 0 saturated heterocycles. The number of fused-ring (bicyclic) bond motifs is 5. The van der Waals surface area contributed by atoms with Crippen molar-refractivity contribution in [3.05, 3.63) is 0 Å². The molecule has 0 heterocycles. The van der Waals surface area contributed by atoms with Gasteiger partial charge in [0.25, 0.3) is 0 Å². The van der Waals surface area contributed by atoms with Crippen LogP contribution in [-0.2, 0) is 0 Å². The quantitative estimate of drug-likeness (QED) is 0.642. The minimum absolute atomic E-state index is 0.0144. The van der Waals surface area contributed by atoms with Crippen molar-refractivity contribution in [2.45, 2.75) is 84.0 Å². The van der Waals surface area contributed by atoms with Crippen LogP contribution in [0.3, 0.4) is 0 Å². The number of hydrogen-bond donors (Lipinski definition) is 3. The molecule has 10 atom stereocenters. The molecular weight excluding hydrogens is 288 g/mol. The van der Waals surface area contributed by atoms with Gasteiger partial charge in [-0.15, -0.1) is 0 Å². The minimum Gasteiger partial charge on any atom is -0.393 e. The van der Waals surface area contributed by atoms with Gasteiger partial charge in [-0.3, -0.25) is 0 Å². The molecule has 0 aromatic rings. The third kappa shape index (κ3) is 2.05. The lowest BCUT2D eigenvalue weighted by atomic mass is 9.43. The van der Waals surface area contributed by atoms with E-state index in [2.05, 4.69) is 20.8 Å². The molecule has 10 unspecified atom stereocenters. The largest absolute Gasteiger partial charge is 0.393 e. The minimum atomic E-state index is -0.245. The van der Waals surface area contributed by atoms with Gasteiger partial charge in [0.2, 0.25) is 0 Å². The predicted molar refractivity (Wildman–Crippen MR) is 89.7 cm³/mol. The summed E-state index contributed by atoms with van der Waals surface area (Å²) in [5, 5.41) is 32.2. The van der Waals surface area contributed by atoms with E-state index in [9.17, 15) is 15.3 Å². The van der Waals surface area contributed by atoms with Crippen molar-refractivity contribution in [2.75, 3.05) is 0 Å². The highest BCUT2D eigenvalue weighted by Gasteiger charge is 2.64. The molecule has 132 valence electrons. The van der Waals surface area contributed by atoms with Crippen molar-refractivity contribution in [3.63, 3.8) is 0 Å². The van der Waals surface area contributed by atoms with E-state index in [1.165, 1.54) is 6.42 Å². The fourth-order valence-electron chi connectivity index (χ4n) is 7.48. The Balaban J connectivity index is 1.71. The highest BCUT2D eigenvalue weighted by molar-refractivity contribution is 5.13. The standard InChI is InChI=1S/C20H34O3/c1-11-4-5-14-18-15(10-17(23)20(11,14)3)19(2)7-6-13(21)8-12(19)9-16(18)22/h11-18,21-23H,4-10H2,1-3H3. The van der Waals surface area contributed by atoms with Crippen LogP contribution < -0.4 is 0 Å². The summed E-state index contributed by atoms with van der Waals surface area (Å²) in [6, 6.07) is 0. The third-order valence-electron chi connectivity index (χ3n) is 9.22. The monoisotopic (exact) mass is 322 g/mol. The Morgan fingerprint density at radius 1 is 0.870 bits per heavy atom. The van der Waals surface area contributed by atoms with E-state index in [1.54, 1.807) is 0 Å². The lowest BCUT2D eigenvalue weighted by molar-refractivity contribution is -0.203. The third-order valence-corrected chi connectivity index (χ3v) is 9.22. The molecule has 0 amide bonds. The van der Waals surface area contributed by atoms with Crippen molar-refractivity contribution in [3.8, 4) is 0 Å². The van der Waals surface area contributed by atoms with Gasteiger partial charge in [-0.1, -0.05) is 20.8 Å². The van der Waals surface area contributed by atoms with Crippen LogP contribution in [-0.4, -0.2) is 33.6 Å². The summed E-state index contributed by atoms with van der Waals surface area (Å²) in [6.07, 6.45) is 6.16. The van der Waals surface area contributed by atoms with E-state index >= 15 is 0 Å². The van der Waals surface area contributed by atoms with Crippen LogP contribution in [0.4, 0.5) is 0 Å². The fraction of sp³-hybridized carbons (Fsp3) is 1.00. The van der Waals surface area contributed by atoms with E-state index in [0.717, 1.165) is 38.5 Å². The van der Waals surface area contributed by atoms with Gasteiger partial charge in [0.1, 0.15) is 0 Å². The Hall–Kier alpha value is -0.120. The highest BCUT2D eigenvalue weighted by Crippen LogP contribution is 2.67. The van der Waals surface area contributed by atoms with Crippen molar-refractivity contribution in [1.82, 2.24) is 0 Å². The zero-order valence-electron chi connectivity index (χ0n) is 14.9.